The topological polar surface area (TPSA) is 38.3 Å². The lowest BCUT2D eigenvalue weighted by Crippen LogP contribution is -2.39. The van der Waals surface area contributed by atoms with Gasteiger partial charge in [-0.25, -0.2) is 0 Å². The van der Waals surface area contributed by atoms with Crippen LogP contribution in [-0.2, 0) is 9.53 Å². The molecule has 3 nitrogen and oxygen atoms in total. The first-order valence-corrected chi connectivity index (χ1v) is 6.95. The van der Waals surface area contributed by atoms with Crippen LogP contribution in [-0.4, -0.2) is 36.7 Å². The molecule has 4 heteroatoms. The molecule has 0 heterocycles. The van der Waals surface area contributed by atoms with Gasteiger partial charge < -0.3 is 10.1 Å². The predicted octanol–water partition coefficient (Wildman–Crippen LogP) is 1.81. The van der Waals surface area contributed by atoms with Crippen molar-refractivity contribution in [1.82, 2.24) is 5.32 Å². The summed E-state index contributed by atoms with van der Waals surface area (Å²) >= 11 is 1.94. The number of hydrogen-bond donors (Lipinski definition) is 1. The van der Waals surface area contributed by atoms with Crippen molar-refractivity contribution >= 4 is 17.7 Å². The Bertz CT molecular complexity index is 191. The molecule has 0 unspecified atom stereocenters. The highest BCUT2D eigenvalue weighted by Crippen LogP contribution is 2.26. The van der Waals surface area contributed by atoms with E-state index in [9.17, 15) is 4.79 Å². The molecule has 0 saturated heterocycles. The minimum absolute atomic E-state index is 0.0319. The molecule has 0 aromatic carbocycles. The molecule has 0 atom stereocenters. The van der Waals surface area contributed by atoms with Crippen LogP contribution in [0.15, 0.2) is 0 Å². The van der Waals surface area contributed by atoms with Crippen LogP contribution < -0.4 is 5.32 Å². The summed E-state index contributed by atoms with van der Waals surface area (Å²) in [5, 5.41) is 3.82. The van der Waals surface area contributed by atoms with E-state index in [1.54, 1.807) is 0 Å². The van der Waals surface area contributed by atoms with E-state index < -0.39 is 0 Å². The highest BCUT2D eigenvalue weighted by atomic mass is 32.2. The van der Waals surface area contributed by atoms with Crippen LogP contribution >= 0.6 is 11.8 Å². The van der Waals surface area contributed by atoms with Gasteiger partial charge in [-0.15, -0.1) is 0 Å². The van der Waals surface area contributed by atoms with Crippen molar-refractivity contribution in [3.05, 3.63) is 0 Å². The first kappa shape index (κ1) is 12.8. The zero-order valence-electron chi connectivity index (χ0n) is 9.62. The monoisotopic (exact) mass is 231 g/mol. The summed E-state index contributed by atoms with van der Waals surface area (Å²) in [6, 6.07) is 0.376. The van der Waals surface area contributed by atoms with Crippen molar-refractivity contribution in [2.45, 2.75) is 43.9 Å². The van der Waals surface area contributed by atoms with Gasteiger partial charge in [-0.05, 0) is 38.9 Å². The molecule has 1 fully saturated rings. The molecule has 1 aliphatic carbocycles. The highest BCUT2D eigenvalue weighted by Gasteiger charge is 2.21. The molecule has 0 aromatic rings. The van der Waals surface area contributed by atoms with Gasteiger partial charge in [0, 0.05) is 17.9 Å². The van der Waals surface area contributed by atoms with E-state index in [4.69, 9.17) is 4.74 Å². The van der Waals surface area contributed by atoms with Crippen molar-refractivity contribution in [1.29, 1.82) is 0 Å². The van der Waals surface area contributed by atoms with Gasteiger partial charge in [0.1, 0.15) is 6.61 Å². The summed E-state index contributed by atoms with van der Waals surface area (Å²) in [6.07, 6.45) is 6.84. The second-order valence-corrected chi connectivity index (χ2v) is 5.05. The minimum Gasteiger partial charge on any atom is -0.372 e. The Hall–Kier alpha value is -0.220. The first-order valence-electron chi connectivity index (χ1n) is 5.66. The van der Waals surface area contributed by atoms with E-state index >= 15 is 0 Å². The van der Waals surface area contributed by atoms with Gasteiger partial charge in [-0.2, -0.15) is 11.8 Å². The standard InChI is InChI=1S/C11H21NO2S/c1-3-14-8-11(13)12-9-4-6-10(15-2)7-5-9/h9-10H,3-8H2,1-2H3,(H,12,13). The van der Waals surface area contributed by atoms with Crippen molar-refractivity contribution in [2.24, 2.45) is 0 Å². The number of rotatable bonds is 5. The quantitative estimate of drug-likeness (QED) is 0.784. The average molecular weight is 231 g/mol. The molecule has 1 aliphatic rings. The van der Waals surface area contributed by atoms with Gasteiger partial charge in [0.05, 0.1) is 0 Å². The number of thioether (sulfide) groups is 1. The maximum absolute atomic E-state index is 11.4. The van der Waals surface area contributed by atoms with Crippen LogP contribution in [0, 0.1) is 0 Å². The van der Waals surface area contributed by atoms with Crippen molar-refractivity contribution in [3.8, 4) is 0 Å². The molecule has 1 N–H and O–H groups in total. The van der Waals surface area contributed by atoms with Crippen LogP contribution in [0.1, 0.15) is 32.6 Å². The lowest BCUT2D eigenvalue weighted by atomic mass is 9.95. The molecular formula is C11H21NO2S. The normalized spacial score (nSPS) is 26.3. The summed E-state index contributed by atoms with van der Waals surface area (Å²) in [6.45, 7) is 2.71. The summed E-state index contributed by atoms with van der Waals surface area (Å²) in [7, 11) is 0. The number of hydrogen-bond acceptors (Lipinski definition) is 3. The Labute approximate surface area is 96.3 Å². The zero-order chi connectivity index (χ0) is 11.1. The Morgan fingerprint density at radius 3 is 2.60 bits per heavy atom. The molecule has 1 amide bonds. The third-order valence-electron chi connectivity index (χ3n) is 2.81. The van der Waals surface area contributed by atoms with Gasteiger partial charge in [0.2, 0.25) is 5.91 Å². The number of nitrogens with one attached hydrogen (secondary N) is 1. The SMILES string of the molecule is CCOCC(=O)NC1CCC(SC)CC1. The maximum Gasteiger partial charge on any atom is 0.246 e. The van der Waals surface area contributed by atoms with Crippen molar-refractivity contribution in [3.63, 3.8) is 0 Å². The van der Waals surface area contributed by atoms with Gasteiger partial charge >= 0.3 is 0 Å². The smallest absolute Gasteiger partial charge is 0.246 e. The molecule has 0 aliphatic heterocycles. The van der Waals surface area contributed by atoms with Gasteiger partial charge in [0.15, 0.2) is 0 Å². The fourth-order valence-corrected chi connectivity index (χ4v) is 2.65. The summed E-state index contributed by atoms with van der Waals surface area (Å²) in [5.74, 6) is 0.0319. The van der Waals surface area contributed by atoms with E-state index in [2.05, 4.69) is 11.6 Å². The van der Waals surface area contributed by atoms with Crippen molar-refractivity contribution < 1.29 is 9.53 Å². The van der Waals surface area contributed by atoms with Crippen LogP contribution in [0.25, 0.3) is 0 Å². The fourth-order valence-electron chi connectivity index (χ4n) is 1.91. The summed E-state index contributed by atoms with van der Waals surface area (Å²) < 4.78 is 5.06. The predicted molar refractivity (Wildman–Crippen MR) is 64.2 cm³/mol. The Morgan fingerprint density at radius 1 is 1.40 bits per heavy atom. The molecular weight excluding hydrogens is 210 g/mol. The average Bonchev–Trinajstić information content (AvgIpc) is 2.27. The van der Waals surface area contributed by atoms with Gasteiger partial charge in [-0.1, -0.05) is 0 Å². The molecule has 0 bridgehead atoms. The number of carbonyl (C=O) groups is 1. The Morgan fingerprint density at radius 2 is 2.07 bits per heavy atom. The fraction of sp³-hybridized carbons (Fsp3) is 0.909. The van der Waals surface area contributed by atoms with E-state index in [1.807, 2.05) is 18.7 Å². The van der Waals surface area contributed by atoms with Crippen molar-refractivity contribution in [2.75, 3.05) is 19.5 Å². The van der Waals surface area contributed by atoms with Gasteiger partial charge in [0.25, 0.3) is 0 Å². The Kier molecular flexibility index (Phi) is 6.10. The number of amides is 1. The molecule has 1 rings (SSSR count). The summed E-state index contributed by atoms with van der Waals surface area (Å²) in [4.78, 5) is 11.4. The van der Waals surface area contributed by atoms with E-state index in [0.717, 1.165) is 18.1 Å². The second-order valence-electron chi connectivity index (χ2n) is 3.91. The molecule has 0 spiro atoms. The van der Waals surface area contributed by atoms with E-state index in [-0.39, 0.29) is 12.5 Å². The van der Waals surface area contributed by atoms with E-state index in [0.29, 0.717) is 12.6 Å². The molecule has 0 aromatic heterocycles. The van der Waals surface area contributed by atoms with Crippen LogP contribution in [0.3, 0.4) is 0 Å². The maximum atomic E-state index is 11.4. The summed E-state index contributed by atoms with van der Waals surface area (Å²) in [5.41, 5.74) is 0. The minimum atomic E-state index is 0.0319. The van der Waals surface area contributed by atoms with Gasteiger partial charge in [-0.3, -0.25) is 4.79 Å². The van der Waals surface area contributed by atoms with Crippen LogP contribution in [0.4, 0.5) is 0 Å². The Balaban J connectivity index is 2.15. The number of ether oxygens (including phenoxy) is 1. The zero-order valence-corrected chi connectivity index (χ0v) is 10.4. The van der Waals surface area contributed by atoms with Crippen LogP contribution in [0.2, 0.25) is 0 Å². The lowest BCUT2D eigenvalue weighted by Gasteiger charge is -2.27. The lowest BCUT2D eigenvalue weighted by molar-refractivity contribution is -0.126. The largest absolute Gasteiger partial charge is 0.372 e. The highest BCUT2D eigenvalue weighted by molar-refractivity contribution is 7.99. The third kappa shape index (κ3) is 4.89. The molecule has 0 radical (unpaired) electrons. The van der Waals surface area contributed by atoms with Crippen LogP contribution in [0.5, 0.6) is 0 Å². The molecule has 15 heavy (non-hydrogen) atoms. The molecule has 1 saturated carbocycles. The number of carbonyl (C=O) groups excluding carboxylic acids is 1. The third-order valence-corrected chi connectivity index (χ3v) is 3.95. The first-order chi connectivity index (χ1) is 7.26. The molecule has 88 valence electrons. The second kappa shape index (κ2) is 7.12. The van der Waals surface area contributed by atoms with E-state index in [1.165, 1.54) is 12.8 Å².